The van der Waals surface area contributed by atoms with Gasteiger partial charge < -0.3 is 14.6 Å². The normalized spacial score (nSPS) is 12.6. The quantitative estimate of drug-likeness (QED) is 0.868. The molecule has 0 amide bonds. The number of benzene rings is 1. The fourth-order valence-corrected chi connectivity index (χ4v) is 1.95. The number of hydrogen-bond acceptors (Lipinski definition) is 4. The summed E-state index contributed by atoms with van der Waals surface area (Å²) in [5, 5.41) is 11.2. The van der Waals surface area contributed by atoms with E-state index >= 15 is 0 Å². The van der Waals surface area contributed by atoms with Crippen LogP contribution in [0.15, 0.2) is 30.5 Å². The van der Waals surface area contributed by atoms with Crippen molar-refractivity contribution in [1.82, 2.24) is 4.98 Å². The summed E-state index contributed by atoms with van der Waals surface area (Å²) in [6, 6.07) is 7.78. The number of aliphatic hydroxyl groups is 1. The van der Waals surface area contributed by atoms with E-state index in [1.807, 2.05) is 38.1 Å². The summed E-state index contributed by atoms with van der Waals surface area (Å²) in [6.07, 6.45) is 1.60. The van der Waals surface area contributed by atoms with Crippen LogP contribution >= 0.6 is 0 Å². The summed E-state index contributed by atoms with van der Waals surface area (Å²) in [5.41, 5.74) is 0.806. The number of aromatic nitrogens is 1. The van der Waals surface area contributed by atoms with Gasteiger partial charge in [-0.15, -0.1) is 0 Å². The van der Waals surface area contributed by atoms with Gasteiger partial charge in [0.1, 0.15) is 6.10 Å². The zero-order chi connectivity index (χ0) is 13.7. The van der Waals surface area contributed by atoms with Gasteiger partial charge in [0.25, 0.3) is 0 Å². The lowest BCUT2D eigenvalue weighted by Gasteiger charge is -2.16. The second-order valence-electron chi connectivity index (χ2n) is 4.38. The average molecular weight is 261 g/mol. The molecule has 0 aliphatic carbocycles. The molecule has 0 bridgehead atoms. The Morgan fingerprint density at radius 1 is 1.26 bits per heavy atom. The minimum Gasteiger partial charge on any atom is -0.472 e. The zero-order valence-corrected chi connectivity index (χ0v) is 11.3. The second-order valence-corrected chi connectivity index (χ2v) is 4.38. The summed E-state index contributed by atoms with van der Waals surface area (Å²) in [6.45, 7) is 5.09. The maximum Gasteiger partial charge on any atom is 0.221 e. The van der Waals surface area contributed by atoms with Crippen LogP contribution in [0.5, 0.6) is 5.88 Å². The number of fused-ring (bicyclic) bond motifs is 1. The van der Waals surface area contributed by atoms with Gasteiger partial charge >= 0.3 is 0 Å². The number of ether oxygens (including phenoxy) is 2. The molecule has 1 unspecified atom stereocenters. The molecule has 1 aromatic heterocycles. The summed E-state index contributed by atoms with van der Waals surface area (Å²) in [5.74, 6) is 0.583. The lowest BCUT2D eigenvalue weighted by molar-refractivity contribution is 0.0642. The third kappa shape index (κ3) is 3.22. The third-order valence-electron chi connectivity index (χ3n) is 2.88. The van der Waals surface area contributed by atoms with Crippen LogP contribution in [0.1, 0.15) is 19.4 Å². The molecular formula is C15H19NO3. The standard InChI is InChI=1S/C15H19NO3/c1-3-18-10-11(2)19-15-14-7-5-4-6-13(14)12(9-17)8-16-15/h4-8,11,17H,3,9-10H2,1-2H3. The summed E-state index contributed by atoms with van der Waals surface area (Å²) in [7, 11) is 0. The Morgan fingerprint density at radius 3 is 2.68 bits per heavy atom. The van der Waals surface area contributed by atoms with Crippen LogP contribution in [-0.4, -0.2) is 29.4 Å². The van der Waals surface area contributed by atoms with Crippen molar-refractivity contribution < 1.29 is 14.6 Å². The molecule has 1 aromatic carbocycles. The largest absolute Gasteiger partial charge is 0.472 e. The minimum absolute atomic E-state index is 0.0255. The number of pyridine rings is 1. The van der Waals surface area contributed by atoms with Crippen LogP contribution in [0, 0.1) is 0 Å². The molecule has 0 spiro atoms. The van der Waals surface area contributed by atoms with Crippen molar-refractivity contribution in [2.24, 2.45) is 0 Å². The minimum atomic E-state index is -0.0594. The van der Waals surface area contributed by atoms with Crippen molar-refractivity contribution in [3.05, 3.63) is 36.0 Å². The molecule has 1 heterocycles. The second kappa shape index (κ2) is 6.50. The van der Waals surface area contributed by atoms with Crippen molar-refractivity contribution in [3.8, 4) is 5.88 Å². The molecule has 0 radical (unpaired) electrons. The molecule has 0 fully saturated rings. The third-order valence-corrected chi connectivity index (χ3v) is 2.88. The number of nitrogens with zero attached hydrogens (tertiary/aromatic N) is 1. The van der Waals surface area contributed by atoms with Crippen molar-refractivity contribution in [3.63, 3.8) is 0 Å². The fraction of sp³-hybridized carbons (Fsp3) is 0.400. The fourth-order valence-electron chi connectivity index (χ4n) is 1.95. The Kier molecular flexibility index (Phi) is 4.71. The molecule has 102 valence electrons. The molecule has 0 aliphatic heterocycles. The molecule has 2 aromatic rings. The van der Waals surface area contributed by atoms with Gasteiger partial charge in [-0.2, -0.15) is 0 Å². The van der Waals surface area contributed by atoms with E-state index in [4.69, 9.17) is 9.47 Å². The van der Waals surface area contributed by atoms with Crippen LogP contribution in [0.25, 0.3) is 10.8 Å². The average Bonchev–Trinajstić information content (AvgIpc) is 2.45. The lowest BCUT2D eigenvalue weighted by atomic mass is 10.1. The van der Waals surface area contributed by atoms with Gasteiger partial charge in [0.2, 0.25) is 5.88 Å². The van der Waals surface area contributed by atoms with Crippen LogP contribution in [0.3, 0.4) is 0 Å². The van der Waals surface area contributed by atoms with Gasteiger partial charge in [-0.05, 0) is 25.3 Å². The highest BCUT2D eigenvalue weighted by atomic mass is 16.5. The highest BCUT2D eigenvalue weighted by molar-refractivity contribution is 5.89. The van der Waals surface area contributed by atoms with Gasteiger partial charge in [-0.3, -0.25) is 0 Å². The summed E-state index contributed by atoms with van der Waals surface area (Å²) >= 11 is 0. The maximum atomic E-state index is 9.32. The molecule has 1 atom stereocenters. The van der Waals surface area contributed by atoms with Crippen molar-refractivity contribution >= 4 is 10.8 Å². The number of rotatable bonds is 6. The van der Waals surface area contributed by atoms with Crippen molar-refractivity contribution in [2.45, 2.75) is 26.6 Å². The Balaban J connectivity index is 2.29. The van der Waals surface area contributed by atoms with Gasteiger partial charge in [0, 0.05) is 23.8 Å². The van der Waals surface area contributed by atoms with Gasteiger partial charge in [-0.25, -0.2) is 4.98 Å². The smallest absolute Gasteiger partial charge is 0.221 e. The summed E-state index contributed by atoms with van der Waals surface area (Å²) in [4.78, 5) is 4.29. The van der Waals surface area contributed by atoms with E-state index in [1.54, 1.807) is 6.20 Å². The molecule has 4 nitrogen and oxygen atoms in total. The molecule has 19 heavy (non-hydrogen) atoms. The first-order chi connectivity index (χ1) is 9.26. The molecule has 0 aliphatic rings. The highest BCUT2D eigenvalue weighted by Crippen LogP contribution is 2.26. The monoisotopic (exact) mass is 261 g/mol. The Hall–Kier alpha value is -1.65. The Bertz CT molecular complexity index is 542. The predicted octanol–water partition coefficient (Wildman–Crippen LogP) is 2.53. The van der Waals surface area contributed by atoms with Crippen LogP contribution in [0.2, 0.25) is 0 Å². The first-order valence-electron chi connectivity index (χ1n) is 6.48. The van der Waals surface area contributed by atoms with E-state index in [0.29, 0.717) is 19.1 Å². The SMILES string of the molecule is CCOCC(C)Oc1ncc(CO)c2ccccc12. The van der Waals surface area contributed by atoms with Gasteiger partial charge in [0.15, 0.2) is 0 Å². The molecular weight excluding hydrogens is 242 g/mol. The van der Waals surface area contributed by atoms with Crippen molar-refractivity contribution in [1.29, 1.82) is 0 Å². The first-order valence-corrected chi connectivity index (χ1v) is 6.48. The molecule has 0 saturated carbocycles. The van der Waals surface area contributed by atoms with E-state index in [0.717, 1.165) is 16.3 Å². The number of aliphatic hydroxyl groups excluding tert-OH is 1. The van der Waals surface area contributed by atoms with E-state index in [1.165, 1.54) is 0 Å². The molecule has 4 heteroatoms. The van der Waals surface area contributed by atoms with E-state index < -0.39 is 0 Å². The topological polar surface area (TPSA) is 51.6 Å². The lowest BCUT2D eigenvalue weighted by Crippen LogP contribution is -2.19. The van der Waals surface area contributed by atoms with Gasteiger partial charge in [-0.1, -0.05) is 18.2 Å². The van der Waals surface area contributed by atoms with E-state index in [-0.39, 0.29) is 12.7 Å². The van der Waals surface area contributed by atoms with Gasteiger partial charge in [0.05, 0.1) is 13.2 Å². The maximum absolute atomic E-state index is 9.32. The Morgan fingerprint density at radius 2 is 2.00 bits per heavy atom. The first kappa shape index (κ1) is 13.8. The van der Waals surface area contributed by atoms with E-state index in [9.17, 15) is 5.11 Å². The number of hydrogen-bond donors (Lipinski definition) is 1. The Labute approximate surface area is 113 Å². The predicted molar refractivity (Wildman–Crippen MR) is 74.2 cm³/mol. The molecule has 2 rings (SSSR count). The van der Waals surface area contributed by atoms with Crippen molar-refractivity contribution in [2.75, 3.05) is 13.2 Å². The highest BCUT2D eigenvalue weighted by Gasteiger charge is 2.11. The summed E-state index contributed by atoms with van der Waals surface area (Å²) < 4.78 is 11.1. The van der Waals surface area contributed by atoms with Crippen LogP contribution in [-0.2, 0) is 11.3 Å². The molecule has 0 saturated heterocycles. The van der Waals surface area contributed by atoms with Crippen LogP contribution < -0.4 is 4.74 Å². The molecule has 1 N–H and O–H groups in total. The van der Waals surface area contributed by atoms with Crippen LogP contribution in [0.4, 0.5) is 0 Å². The van der Waals surface area contributed by atoms with E-state index in [2.05, 4.69) is 4.98 Å². The zero-order valence-electron chi connectivity index (χ0n) is 11.3.